The number of fused-ring (bicyclic) bond motifs is 1. The summed E-state index contributed by atoms with van der Waals surface area (Å²) in [5.41, 5.74) is 0.998. The van der Waals surface area contributed by atoms with Crippen LogP contribution in [0.25, 0.3) is 11.0 Å². The molecule has 0 bridgehead atoms. The van der Waals surface area contributed by atoms with Crippen molar-refractivity contribution in [2.75, 3.05) is 32.8 Å². The van der Waals surface area contributed by atoms with Gasteiger partial charge in [-0.1, -0.05) is 12.1 Å². The first kappa shape index (κ1) is 16.8. The summed E-state index contributed by atoms with van der Waals surface area (Å²) in [7, 11) is 0. The number of halogens is 3. The van der Waals surface area contributed by atoms with Crippen LogP contribution in [0, 0.1) is 5.92 Å². The maximum Gasteiger partial charge on any atom is 0.449 e. The Bertz CT molecular complexity index is 729. The maximum atomic E-state index is 13.5. The lowest BCUT2D eigenvalue weighted by Crippen LogP contribution is -2.38. The quantitative estimate of drug-likeness (QED) is 0.842. The molecule has 2 fully saturated rings. The molecule has 4 rings (SSSR count). The molecule has 4 nitrogen and oxygen atoms in total. The average Bonchev–Trinajstić information content (AvgIpc) is 3.22. The molecule has 7 heteroatoms. The minimum atomic E-state index is -4.43. The molecule has 1 aromatic heterocycles. The van der Waals surface area contributed by atoms with Crippen molar-refractivity contribution in [3.63, 3.8) is 0 Å². The number of rotatable bonds is 3. The lowest BCUT2D eigenvalue weighted by molar-refractivity contribution is -0.148. The average molecular weight is 353 g/mol. The second-order valence-electron chi connectivity index (χ2n) is 7.05. The van der Waals surface area contributed by atoms with Crippen LogP contribution in [0.2, 0.25) is 0 Å². The number of ether oxygens (including phenoxy) is 1. The number of hydrogen-bond acceptors (Lipinski definition) is 3. The van der Waals surface area contributed by atoms with Gasteiger partial charge in [0.1, 0.15) is 0 Å². The summed E-state index contributed by atoms with van der Waals surface area (Å²) in [6.45, 7) is 4.28. The zero-order valence-corrected chi connectivity index (χ0v) is 14.0. The number of para-hydroxylation sites is 2. The van der Waals surface area contributed by atoms with Crippen molar-refractivity contribution in [3.8, 4) is 0 Å². The van der Waals surface area contributed by atoms with Crippen molar-refractivity contribution in [1.29, 1.82) is 0 Å². The van der Waals surface area contributed by atoms with Crippen molar-refractivity contribution in [2.45, 2.75) is 31.5 Å². The van der Waals surface area contributed by atoms with Gasteiger partial charge in [-0.15, -0.1) is 0 Å². The van der Waals surface area contributed by atoms with E-state index in [0.717, 1.165) is 52.1 Å². The van der Waals surface area contributed by atoms with Crippen LogP contribution < -0.4 is 0 Å². The zero-order valence-electron chi connectivity index (χ0n) is 14.0. The maximum absolute atomic E-state index is 13.5. The van der Waals surface area contributed by atoms with Crippen LogP contribution in [0.15, 0.2) is 24.3 Å². The number of nitrogens with zero attached hydrogens (tertiary/aromatic N) is 3. The summed E-state index contributed by atoms with van der Waals surface area (Å²) in [5.74, 6) is -0.201. The molecule has 1 atom stereocenters. The lowest BCUT2D eigenvalue weighted by Gasteiger charge is -2.34. The van der Waals surface area contributed by atoms with Gasteiger partial charge in [0.05, 0.1) is 17.6 Å². The van der Waals surface area contributed by atoms with Gasteiger partial charge in [0.2, 0.25) is 5.82 Å². The molecule has 136 valence electrons. The number of aromatic nitrogens is 2. The third kappa shape index (κ3) is 3.40. The molecule has 25 heavy (non-hydrogen) atoms. The van der Waals surface area contributed by atoms with Crippen LogP contribution >= 0.6 is 0 Å². The topological polar surface area (TPSA) is 30.3 Å². The fraction of sp³-hybridized carbons (Fsp3) is 0.611. The summed E-state index contributed by atoms with van der Waals surface area (Å²) < 4.78 is 47.3. The van der Waals surface area contributed by atoms with E-state index < -0.39 is 12.0 Å². The molecule has 1 aromatic carbocycles. The van der Waals surface area contributed by atoms with Gasteiger partial charge in [-0.05, 0) is 37.3 Å². The first-order valence-electron chi connectivity index (χ1n) is 8.86. The van der Waals surface area contributed by atoms with E-state index in [2.05, 4.69) is 9.88 Å². The predicted molar refractivity (Wildman–Crippen MR) is 88.4 cm³/mol. The van der Waals surface area contributed by atoms with Gasteiger partial charge in [0.25, 0.3) is 0 Å². The highest BCUT2D eigenvalue weighted by Crippen LogP contribution is 2.36. The second-order valence-corrected chi connectivity index (χ2v) is 7.05. The number of piperidine rings is 1. The molecule has 3 heterocycles. The zero-order chi connectivity index (χ0) is 17.4. The Morgan fingerprint density at radius 3 is 2.56 bits per heavy atom. The number of benzene rings is 1. The van der Waals surface area contributed by atoms with Gasteiger partial charge < -0.3 is 14.2 Å². The van der Waals surface area contributed by atoms with Gasteiger partial charge in [-0.25, -0.2) is 4.98 Å². The number of alkyl halides is 3. The molecule has 1 unspecified atom stereocenters. The highest BCUT2D eigenvalue weighted by Gasteiger charge is 2.39. The molecule has 2 aliphatic heterocycles. The molecule has 0 N–H and O–H groups in total. The first-order valence-corrected chi connectivity index (χ1v) is 8.86. The standard InChI is InChI=1S/C18H22F3N3O/c19-18(20,21)17-22-15-3-1-2-4-16(15)24(17)14-5-8-23(9-6-14)11-13-7-10-25-12-13/h1-4,13-14H,5-12H2. The number of likely N-dealkylation sites (tertiary alicyclic amines) is 1. The molecule has 0 radical (unpaired) electrons. The van der Waals surface area contributed by atoms with Crippen molar-refractivity contribution in [3.05, 3.63) is 30.1 Å². The Morgan fingerprint density at radius 2 is 1.88 bits per heavy atom. The lowest BCUT2D eigenvalue weighted by atomic mass is 10.0. The molecule has 2 aromatic rings. The van der Waals surface area contributed by atoms with Gasteiger partial charge in [-0.3, -0.25) is 0 Å². The van der Waals surface area contributed by atoms with Crippen LogP contribution in [0.1, 0.15) is 31.1 Å². The summed E-state index contributed by atoms with van der Waals surface area (Å²) in [6.07, 6.45) is -1.91. The van der Waals surface area contributed by atoms with Crippen LogP contribution in [0.3, 0.4) is 0 Å². The van der Waals surface area contributed by atoms with Gasteiger partial charge in [0, 0.05) is 32.3 Å². The van der Waals surface area contributed by atoms with Crippen LogP contribution in [-0.2, 0) is 10.9 Å². The van der Waals surface area contributed by atoms with Crippen molar-refractivity contribution < 1.29 is 17.9 Å². The van der Waals surface area contributed by atoms with E-state index in [1.807, 2.05) is 0 Å². The van der Waals surface area contributed by atoms with E-state index in [1.54, 1.807) is 24.3 Å². The third-order valence-electron chi connectivity index (χ3n) is 5.31. The fourth-order valence-electron chi connectivity index (χ4n) is 4.07. The number of imidazole rings is 1. The molecule has 0 saturated carbocycles. The molecule has 2 saturated heterocycles. The molecule has 2 aliphatic rings. The van der Waals surface area contributed by atoms with E-state index in [4.69, 9.17) is 4.74 Å². The normalized spacial score (nSPS) is 23.6. The first-order chi connectivity index (χ1) is 12.0. The van der Waals surface area contributed by atoms with Crippen LogP contribution in [0.5, 0.6) is 0 Å². The second kappa shape index (κ2) is 6.61. The fourth-order valence-corrected chi connectivity index (χ4v) is 4.07. The molecule has 0 spiro atoms. The Balaban J connectivity index is 1.54. The summed E-state index contributed by atoms with van der Waals surface area (Å²) in [5, 5.41) is 0. The van der Waals surface area contributed by atoms with E-state index in [0.29, 0.717) is 17.0 Å². The molecular weight excluding hydrogens is 331 g/mol. The predicted octanol–water partition coefficient (Wildman–Crippen LogP) is 3.73. The summed E-state index contributed by atoms with van der Waals surface area (Å²) >= 11 is 0. The Morgan fingerprint density at radius 1 is 1.12 bits per heavy atom. The molecule has 0 amide bonds. The largest absolute Gasteiger partial charge is 0.449 e. The number of hydrogen-bond donors (Lipinski definition) is 0. The van der Waals surface area contributed by atoms with Gasteiger partial charge >= 0.3 is 6.18 Å². The smallest absolute Gasteiger partial charge is 0.381 e. The third-order valence-corrected chi connectivity index (χ3v) is 5.31. The Labute approximate surface area is 144 Å². The van der Waals surface area contributed by atoms with Crippen LogP contribution in [-0.4, -0.2) is 47.3 Å². The highest BCUT2D eigenvalue weighted by atomic mass is 19.4. The summed E-state index contributed by atoms with van der Waals surface area (Å²) in [4.78, 5) is 6.23. The van der Waals surface area contributed by atoms with E-state index >= 15 is 0 Å². The summed E-state index contributed by atoms with van der Waals surface area (Å²) in [6, 6.07) is 6.73. The Hall–Kier alpha value is -1.60. The monoisotopic (exact) mass is 353 g/mol. The van der Waals surface area contributed by atoms with E-state index in [1.165, 1.54) is 4.57 Å². The highest BCUT2D eigenvalue weighted by molar-refractivity contribution is 5.76. The van der Waals surface area contributed by atoms with Gasteiger partial charge in [-0.2, -0.15) is 13.2 Å². The van der Waals surface area contributed by atoms with Gasteiger partial charge in [0.15, 0.2) is 0 Å². The van der Waals surface area contributed by atoms with E-state index in [9.17, 15) is 13.2 Å². The SMILES string of the molecule is FC(F)(F)c1nc2ccccc2n1C1CCN(CC2CCOC2)CC1. The van der Waals surface area contributed by atoms with Crippen LogP contribution in [0.4, 0.5) is 13.2 Å². The van der Waals surface area contributed by atoms with Crippen molar-refractivity contribution >= 4 is 11.0 Å². The molecular formula is C18H22F3N3O. The molecule has 0 aliphatic carbocycles. The minimum absolute atomic E-state index is 0.153. The minimum Gasteiger partial charge on any atom is -0.381 e. The Kier molecular flexibility index (Phi) is 4.45. The van der Waals surface area contributed by atoms with E-state index in [-0.39, 0.29) is 6.04 Å². The van der Waals surface area contributed by atoms with Crippen molar-refractivity contribution in [2.24, 2.45) is 5.92 Å². The van der Waals surface area contributed by atoms with Crippen molar-refractivity contribution in [1.82, 2.24) is 14.5 Å².